The summed E-state index contributed by atoms with van der Waals surface area (Å²) in [5.41, 5.74) is 3.76. The highest BCUT2D eigenvalue weighted by atomic mass is 79.9. The van der Waals surface area contributed by atoms with Crippen molar-refractivity contribution in [2.45, 2.75) is 11.8 Å². The lowest BCUT2D eigenvalue weighted by molar-refractivity contribution is 1.14. The Hall–Kier alpha value is -1.28. The molecule has 2 heteroatoms. The summed E-state index contributed by atoms with van der Waals surface area (Å²) in [6.45, 7) is 2.15. The lowest BCUT2D eigenvalue weighted by Crippen LogP contribution is -1.84. The first kappa shape index (κ1) is 9.91. The second-order valence-corrected chi connectivity index (χ2v) is 5.43. The third-order valence-electron chi connectivity index (χ3n) is 3.00. The lowest BCUT2D eigenvalue weighted by Gasteiger charge is -2.04. The Kier molecular flexibility index (Phi) is 2.25. The molecule has 1 aromatic heterocycles. The molecule has 0 saturated heterocycles. The highest BCUT2D eigenvalue weighted by Crippen LogP contribution is 2.32. The second-order valence-electron chi connectivity index (χ2n) is 4.06. The number of rotatable bonds is 1. The Balaban J connectivity index is 2.49. The molecule has 2 aromatic carbocycles. The first-order valence-corrected chi connectivity index (χ1v) is 6.32. The molecular formula is C14H12BrN. The molecule has 0 aliphatic heterocycles. The number of H-pyrrole nitrogens is 1. The van der Waals surface area contributed by atoms with Crippen molar-refractivity contribution in [1.29, 1.82) is 0 Å². The Morgan fingerprint density at radius 3 is 2.56 bits per heavy atom. The minimum atomic E-state index is 0.365. The van der Waals surface area contributed by atoms with E-state index in [0.29, 0.717) is 4.83 Å². The molecule has 0 aliphatic rings. The van der Waals surface area contributed by atoms with Crippen molar-refractivity contribution in [2.24, 2.45) is 0 Å². The molecule has 1 N–H and O–H groups in total. The second kappa shape index (κ2) is 3.63. The van der Waals surface area contributed by atoms with Crippen LogP contribution in [0, 0.1) is 0 Å². The summed E-state index contributed by atoms with van der Waals surface area (Å²) >= 11 is 3.64. The first-order chi connectivity index (χ1) is 7.77. The summed E-state index contributed by atoms with van der Waals surface area (Å²) in [7, 11) is 0. The number of aromatic nitrogens is 1. The first-order valence-electron chi connectivity index (χ1n) is 5.41. The van der Waals surface area contributed by atoms with Crippen LogP contribution in [0.4, 0.5) is 0 Å². The molecule has 1 nitrogen and oxygen atoms in total. The quantitative estimate of drug-likeness (QED) is 0.615. The predicted octanol–water partition coefficient (Wildman–Crippen LogP) is 4.78. The number of nitrogens with one attached hydrogen (secondary N) is 1. The van der Waals surface area contributed by atoms with E-state index in [-0.39, 0.29) is 0 Å². The van der Waals surface area contributed by atoms with E-state index >= 15 is 0 Å². The van der Waals surface area contributed by atoms with Gasteiger partial charge in [-0.2, -0.15) is 0 Å². The number of hydrogen-bond acceptors (Lipinski definition) is 0. The van der Waals surface area contributed by atoms with Crippen molar-refractivity contribution in [3.8, 4) is 0 Å². The van der Waals surface area contributed by atoms with Gasteiger partial charge in [0.25, 0.3) is 0 Å². The van der Waals surface area contributed by atoms with E-state index in [2.05, 4.69) is 70.3 Å². The average molecular weight is 274 g/mol. The van der Waals surface area contributed by atoms with Gasteiger partial charge in [0, 0.05) is 21.1 Å². The van der Waals surface area contributed by atoms with Crippen LogP contribution in [0.25, 0.3) is 21.8 Å². The van der Waals surface area contributed by atoms with Crippen molar-refractivity contribution in [1.82, 2.24) is 4.98 Å². The highest BCUT2D eigenvalue weighted by Gasteiger charge is 2.09. The highest BCUT2D eigenvalue weighted by molar-refractivity contribution is 9.09. The molecule has 1 unspecified atom stereocenters. The Bertz CT molecular complexity index is 652. The van der Waals surface area contributed by atoms with E-state index < -0.39 is 0 Å². The molecule has 0 saturated carbocycles. The van der Waals surface area contributed by atoms with Crippen molar-refractivity contribution < 1.29 is 0 Å². The van der Waals surface area contributed by atoms with Crippen molar-refractivity contribution in [2.75, 3.05) is 0 Å². The zero-order valence-electron chi connectivity index (χ0n) is 9.00. The van der Waals surface area contributed by atoms with Gasteiger partial charge in [-0.3, -0.25) is 0 Å². The van der Waals surface area contributed by atoms with Crippen LogP contribution in [-0.4, -0.2) is 4.98 Å². The zero-order valence-corrected chi connectivity index (χ0v) is 10.6. The largest absolute Gasteiger partial charge is 0.354 e. The molecule has 80 valence electrons. The van der Waals surface area contributed by atoms with Crippen molar-refractivity contribution in [3.05, 3.63) is 48.0 Å². The number of para-hydroxylation sites is 2. The minimum absolute atomic E-state index is 0.365. The molecule has 1 atom stereocenters. The maximum absolute atomic E-state index is 3.64. The zero-order chi connectivity index (χ0) is 11.1. The van der Waals surface area contributed by atoms with Gasteiger partial charge in [-0.15, -0.1) is 0 Å². The maximum atomic E-state index is 3.64. The smallest absolute Gasteiger partial charge is 0.0508 e. The standard InChI is InChI=1S/C14H12BrN/c1-9(15)10-6-4-7-12-11-5-2-3-8-13(11)16-14(10)12/h2-9,16H,1H3. The average Bonchev–Trinajstić information content (AvgIpc) is 2.67. The van der Waals surface area contributed by atoms with Crippen LogP contribution in [0.2, 0.25) is 0 Å². The number of aromatic amines is 1. The number of benzene rings is 2. The number of halogens is 1. The summed E-state index contributed by atoms with van der Waals surface area (Å²) in [6, 6.07) is 14.9. The fourth-order valence-corrected chi connectivity index (χ4v) is 2.61. The monoisotopic (exact) mass is 273 g/mol. The number of hydrogen-bond donors (Lipinski definition) is 1. The van der Waals surface area contributed by atoms with E-state index in [1.165, 1.54) is 27.4 Å². The Labute approximate surface area is 103 Å². The Morgan fingerprint density at radius 1 is 1.00 bits per heavy atom. The van der Waals surface area contributed by atoms with Gasteiger partial charge in [0.05, 0.1) is 5.52 Å². The third-order valence-corrected chi connectivity index (χ3v) is 3.50. The van der Waals surface area contributed by atoms with Crippen molar-refractivity contribution >= 4 is 37.7 Å². The molecule has 16 heavy (non-hydrogen) atoms. The van der Waals surface area contributed by atoms with Gasteiger partial charge in [0.15, 0.2) is 0 Å². The summed E-state index contributed by atoms with van der Waals surface area (Å²) in [5, 5.41) is 2.60. The summed E-state index contributed by atoms with van der Waals surface area (Å²) < 4.78 is 0. The molecule has 0 amide bonds. The van der Waals surface area contributed by atoms with Crippen LogP contribution in [0.3, 0.4) is 0 Å². The van der Waals surface area contributed by atoms with Gasteiger partial charge in [0.2, 0.25) is 0 Å². The molecule has 0 bridgehead atoms. The van der Waals surface area contributed by atoms with Gasteiger partial charge in [-0.1, -0.05) is 52.3 Å². The van der Waals surface area contributed by atoms with E-state index in [4.69, 9.17) is 0 Å². The minimum Gasteiger partial charge on any atom is -0.354 e. The topological polar surface area (TPSA) is 15.8 Å². The van der Waals surface area contributed by atoms with Crippen LogP contribution in [0.15, 0.2) is 42.5 Å². The molecule has 0 radical (unpaired) electrons. The van der Waals surface area contributed by atoms with E-state index in [0.717, 1.165) is 0 Å². The SMILES string of the molecule is CC(Br)c1cccc2c1[nH]c1ccccc12. The predicted molar refractivity (Wildman–Crippen MR) is 73.1 cm³/mol. The van der Waals surface area contributed by atoms with Gasteiger partial charge in [-0.05, 0) is 18.6 Å². The molecule has 0 spiro atoms. The van der Waals surface area contributed by atoms with Gasteiger partial charge in [0.1, 0.15) is 0 Å². The van der Waals surface area contributed by atoms with E-state index in [9.17, 15) is 0 Å². The summed E-state index contributed by atoms with van der Waals surface area (Å²) in [6.07, 6.45) is 0. The van der Waals surface area contributed by atoms with E-state index in [1.54, 1.807) is 0 Å². The van der Waals surface area contributed by atoms with Gasteiger partial charge >= 0.3 is 0 Å². The molecule has 0 fully saturated rings. The normalized spacial score (nSPS) is 13.4. The maximum Gasteiger partial charge on any atom is 0.0508 e. The number of alkyl halides is 1. The molecular weight excluding hydrogens is 262 g/mol. The summed E-state index contributed by atoms with van der Waals surface area (Å²) in [4.78, 5) is 3.86. The third kappa shape index (κ3) is 1.37. The van der Waals surface area contributed by atoms with Crippen LogP contribution in [0.5, 0.6) is 0 Å². The molecule has 3 rings (SSSR count). The molecule has 3 aromatic rings. The van der Waals surface area contributed by atoms with Gasteiger partial charge in [-0.25, -0.2) is 0 Å². The van der Waals surface area contributed by atoms with Crippen LogP contribution in [-0.2, 0) is 0 Å². The van der Waals surface area contributed by atoms with Gasteiger partial charge < -0.3 is 4.98 Å². The lowest BCUT2D eigenvalue weighted by atomic mass is 10.1. The number of fused-ring (bicyclic) bond motifs is 3. The van der Waals surface area contributed by atoms with Crippen LogP contribution >= 0.6 is 15.9 Å². The summed E-state index contributed by atoms with van der Waals surface area (Å²) in [5.74, 6) is 0. The van der Waals surface area contributed by atoms with Crippen LogP contribution < -0.4 is 0 Å². The van der Waals surface area contributed by atoms with Crippen LogP contribution in [0.1, 0.15) is 17.3 Å². The fourth-order valence-electron chi connectivity index (χ4n) is 2.23. The fraction of sp³-hybridized carbons (Fsp3) is 0.143. The molecule has 1 heterocycles. The Morgan fingerprint density at radius 2 is 1.75 bits per heavy atom. The van der Waals surface area contributed by atoms with E-state index in [1.807, 2.05) is 0 Å². The van der Waals surface area contributed by atoms with Crippen molar-refractivity contribution in [3.63, 3.8) is 0 Å². The molecule has 0 aliphatic carbocycles.